The number of hydrogen-bond donors (Lipinski definition) is 1. The molecule has 0 spiro atoms. The Morgan fingerprint density at radius 3 is 2.42 bits per heavy atom. The van der Waals surface area contributed by atoms with Gasteiger partial charge < -0.3 is 14.8 Å². The first-order chi connectivity index (χ1) is 12.4. The molecule has 0 radical (unpaired) electrons. The molecule has 138 valence electrons. The summed E-state index contributed by atoms with van der Waals surface area (Å²) < 4.78 is 11.2. The summed E-state index contributed by atoms with van der Waals surface area (Å²) in [4.78, 5) is 12.6. The fourth-order valence-corrected chi connectivity index (χ4v) is 3.18. The fraction of sp³-hybridized carbons (Fsp3) is 0.409. The fourth-order valence-electron chi connectivity index (χ4n) is 3.18. The van der Waals surface area contributed by atoms with Crippen molar-refractivity contribution in [1.82, 2.24) is 5.32 Å². The molecule has 1 N–H and O–H groups in total. The van der Waals surface area contributed by atoms with Gasteiger partial charge in [0, 0.05) is 6.42 Å². The number of fused-ring (bicyclic) bond motifs is 1. The van der Waals surface area contributed by atoms with E-state index in [1.54, 1.807) is 0 Å². The van der Waals surface area contributed by atoms with Gasteiger partial charge in [0.15, 0.2) is 11.5 Å². The van der Waals surface area contributed by atoms with E-state index in [0.717, 1.165) is 22.6 Å². The van der Waals surface area contributed by atoms with Gasteiger partial charge in [0.05, 0.1) is 6.04 Å². The number of benzene rings is 2. The number of carbonyl (C=O) groups excluding carboxylic acids is 1. The third-order valence-corrected chi connectivity index (χ3v) is 4.55. The lowest BCUT2D eigenvalue weighted by atomic mass is 9.82. The maximum absolute atomic E-state index is 12.6. The Balaban J connectivity index is 1.62. The van der Waals surface area contributed by atoms with E-state index in [-0.39, 0.29) is 17.4 Å². The molecule has 3 rings (SSSR count). The van der Waals surface area contributed by atoms with Gasteiger partial charge in [-0.15, -0.1) is 0 Å². The van der Waals surface area contributed by atoms with Crippen LogP contribution in [0.25, 0.3) is 0 Å². The minimum atomic E-state index is -0.0615. The average molecular weight is 353 g/mol. The smallest absolute Gasteiger partial charge is 0.220 e. The summed E-state index contributed by atoms with van der Waals surface area (Å²) in [6.07, 6.45) is 1.12. The van der Waals surface area contributed by atoms with Crippen LogP contribution in [0, 0.1) is 5.41 Å². The zero-order chi connectivity index (χ0) is 18.6. The van der Waals surface area contributed by atoms with Gasteiger partial charge in [-0.25, -0.2) is 0 Å². The molecule has 1 amide bonds. The normalized spacial score (nSPS) is 14.6. The first-order valence-corrected chi connectivity index (χ1v) is 9.16. The van der Waals surface area contributed by atoms with Crippen LogP contribution >= 0.6 is 0 Å². The Kier molecular flexibility index (Phi) is 5.50. The maximum Gasteiger partial charge on any atom is 0.220 e. The van der Waals surface area contributed by atoms with Crippen molar-refractivity contribution in [3.05, 3.63) is 59.7 Å². The molecule has 1 atom stereocenters. The van der Waals surface area contributed by atoms with Gasteiger partial charge in [-0.2, -0.15) is 0 Å². The topological polar surface area (TPSA) is 47.6 Å². The van der Waals surface area contributed by atoms with Crippen LogP contribution in [-0.4, -0.2) is 19.1 Å². The largest absolute Gasteiger partial charge is 0.486 e. The molecule has 1 unspecified atom stereocenters. The first kappa shape index (κ1) is 18.3. The summed E-state index contributed by atoms with van der Waals surface area (Å²) in [6, 6.07) is 16.0. The SMILES string of the molecule is CC(C)(C)C(NC(=O)CCc1ccc2c(c1)OCCO2)c1ccccc1. The Morgan fingerprint density at radius 1 is 1.04 bits per heavy atom. The molecule has 1 aliphatic heterocycles. The Labute approximate surface area is 155 Å². The first-order valence-electron chi connectivity index (χ1n) is 9.16. The average Bonchev–Trinajstić information content (AvgIpc) is 2.64. The molecule has 0 aromatic heterocycles. The van der Waals surface area contributed by atoms with Gasteiger partial charge in [-0.3, -0.25) is 4.79 Å². The molecular formula is C22H27NO3. The van der Waals surface area contributed by atoms with E-state index < -0.39 is 0 Å². The van der Waals surface area contributed by atoms with Crippen LogP contribution in [0.1, 0.15) is 44.4 Å². The van der Waals surface area contributed by atoms with Crippen LogP contribution in [-0.2, 0) is 11.2 Å². The molecule has 0 aliphatic carbocycles. The van der Waals surface area contributed by atoms with Gasteiger partial charge in [-0.1, -0.05) is 57.2 Å². The minimum Gasteiger partial charge on any atom is -0.486 e. The number of hydrogen-bond acceptors (Lipinski definition) is 3. The summed E-state index contributed by atoms with van der Waals surface area (Å²) in [5.74, 6) is 1.61. The lowest BCUT2D eigenvalue weighted by Gasteiger charge is -2.32. The Hall–Kier alpha value is -2.49. The highest BCUT2D eigenvalue weighted by Crippen LogP contribution is 2.33. The highest BCUT2D eigenvalue weighted by molar-refractivity contribution is 5.76. The van der Waals surface area contributed by atoms with E-state index in [4.69, 9.17) is 9.47 Å². The molecule has 2 aromatic carbocycles. The molecule has 4 nitrogen and oxygen atoms in total. The van der Waals surface area contributed by atoms with Gasteiger partial charge in [0.2, 0.25) is 5.91 Å². The molecule has 0 saturated carbocycles. The lowest BCUT2D eigenvalue weighted by molar-refractivity contribution is -0.122. The zero-order valence-corrected chi connectivity index (χ0v) is 15.7. The quantitative estimate of drug-likeness (QED) is 0.872. The van der Waals surface area contributed by atoms with E-state index in [0.29, 0.717) is 26.1 Å². The van der Waals surface area contributed by atoms with Crippen molar-refractivity contribution < 1.29 is 14.3 Å². The third kappa shape index (κ3) is 4.57. The van der Waals surface area contributed by atoms with Crippen LogP contribution in [0.15, 0.2) is 48.5 Å². The van der Waals surface area contributed by atoms with Gasteiger partial charge >= 0.3 is 0 Å². The number of ether oxygens (including phenoxy) is 2. The van der Waals surface area contributed by atoms with E-state index in [1.807, 2.05) is 36.4 Å². The van der Waals surface area contributed by atoms with Gasteiger partial charge in [0.25, 0.3) is 0 Å². The van der Waals surface area contributed by atoms with Crippen LogP contribution in [0.3, 0.4) is 0 Å². The van der Waals surface area contributed by atoms with Crippen LogP contribution < -0.4 is 14.8 Å². The van der Waals surface area contributed by atoms with E-state index in [9.17, 15) is 4.79 Å². The molecule has 0 fully saturated rings. The number of amides is 1. The molecule has 2 aromatic rings. The number of aryl methyl sites for hydroxylation is 1. The maximum atomic E-state index is 12.6. The second-order valence-corrected chi connectivity index (χ2v) is 7.76. The van der Waals surface area contributed by atoms with Gasteiger partial charge in [0.1, 0.15) is 13.2 Å². The Bertz CT molecular complexity index is 750. The molecule has 26 heavy (non-hydrogen) atoms. The molecular weight excluding hydrogens is 326 g/mol. The third-order valence-electron chi connectivity index (χ3n) is 4.55. The second-order valence-electron chi connectivity index (χ2n) is 7.76. The minimum absolute atomic E-state index is 0.0172. The standard InChI is InChI=1S/C22H27NO3/c1-22(2,3)21(17-7-5-4-6-8-17)23-20(24)12-10-16-9-11-18-19(15-16)26-14-13-25-18/h4-9,11,15,21H,10,12-14H2,1-3H3,(H,23,24). The monoisotopic (exact) mass is 353 g/mol. The highest BCUT2D eigenvalue weighted by atomic mass is 16.6. The zero-order valence-electron chi connectivity index (χ0n) is 15.7. The van der Waals surface area contributed by atoms with E-state index in [1.165, 1.54) is 0 Å². The lowest BCUT2D eigenvalue weighted by Crippen LogP contribution is -2.36. The predicted molar refractivity (Wildman–Crippen MR) is 103 cm³/mol. The molecule has 1 heterocycles. The van der Waals surface area contributed by atoms with Crippen molar-refractivity contribution in [3.63, 3.8) is 0 Å². The predicted octanol–water partition coefficient (Wildman–Crippen LogP) is 4.29. The van der Waals surface area contributed by atoms with Crippen molar-refractivity contribution >= 4 is 5.91 Å². The van der Waals surface area contributed by atoms with E-state index >= 15 is 0 Å². The van der Waals surface area contributed by atoms with Crippen LogP contribution in [0.5, 0.6) is 11.5 Å². The summed E-state index contributed by atoms with van der Waals surface area (Å²) >= 11 is 0. The highest BCUT2D eigenvalue weighted by Gasteiger charge is 2.27. The molecule has 0 saturated heterocycles. The summed E-state index contributed by atoms with van der Waals surface area (Å²) in [5, 5.41) is 3.21. The molecule has 1 aliphatic rings. The van der Waals surface area contributed by atoms with Crippen molar-refractivity contribution in [2.75, 3.05) is 13.2 Å². The molecule has 0 bridgehead atoms. The Morgan fingerprint density at radius 2 is 1.73 bits per heavy atom. The summed E-state index contributed by atoms with van der Waals surface area (Å²) in [6.45, 7) is 7.59. The van der Waals surface area contributed by atoms with Crippen molar-refractivity contribution in [3.8, 4) is 11.5 Å². The van der Waals surface area contributed by atoms with Crippen molar-refractivity contribution in [2.24, 2.45) is 5.41 Å². The van der Waals surface area contributed by atoms with Gasteiger partial charge in [-0.05, 0) is 35.1 Å². The number of nitrogens with one attached hydrogen (secondary N) is 1. The van der Waals surface area contributed by atoms with E-state index in [2.05, 4.69) is 38.2 Å². The summed E-state index contributed by atoms with van der Waals surface area (Å²) in [5.41, 5.74) is 2.15. The molecule has 4 heteroatoms. The van der Waals surface area contributed by atoms with Crippen LogP contribution in [0.4, 0.5) is 0 Å². The van der Waals surface area contributed by atoms with Crippen molar-refractivity contribution in [2.45, 2.75) is 39.7 Å². The second kappa shape index (κ2) is 7.81. The van der Waals surface area contributed by atoms with Crippen LogP contribution in [0.2, 0.25) is 0 Å². The van der Waals surface area contributed by atoms with Crippen molar-refractivity contribution in [1.29, 1.82) is 0 Å². The number of carbonyl (C=O) groups is 1. The summed E-state index contributed by atoms with van der Waals surface area (Å²) in [7, 11) is 0. The number of rotatable bonds is 5.